The fourth-order valence-electron chi connectivity index (χ4n) is 3.15. The lowest BCUT2D eigenvalue weighted by molar-refractivity contribution is -0.121. The second-order valence-corrected chi connectivity index (χ2v) is 6.67. The van der Waals surface area contributed by atoms with E-state index in [9.17, 15) is 9.59 Å². The highest BCUT2D eigenvalue weighted by Gasteiger charge is 2.14. The third-order valence-corrected chi connectivity index (χ3v) is 4.72. The van der Waals surface area contributed by atoms with Crippen molar-refractivity contribution in [1.29, 1.82) is 5.26 Å². The molecule has 0 atom stereocenters. The van der Waals surface area contributed by atoms with Gasteiger partial charge < -0.3 is 0 Å². The largest absolute Gasteiger partial charge is 0.288 e. The number of para-hydroxylation sites is 1. The summed E-state index contributed by atoms with van der Waals surface area (Å²) in [6.07, 6.45) is 1.09. The van der Waals surface area contributed by atoms with Crippen LogP contribution in [-0.4, -0.2) is 26.6 Å². The van der Waals surface area contributed by atoms with Crippen molar-refractivity contribution in [3.05, 3.63) is 59.0 Å². The molecule has 1 aromatic carbocycles. The minimum Gasteiger partial charge on any atom is -0.273 e. The van der Waals surface area contributed by atoms with E-state index in [2.05, 4.69) is 27.0 Å². The highest BCUT2D eigenvalue weighted by molar-refractivity contribution is 5.95. The van der Waals surface area contributed by atoms with Gasteiger partial charge in [0.1, 0.15) is 5.69 Å². The van der Waals surface area contributed by atoms with E-state index < -0.39 is 5.91 Å². The summed E-state index contributed by atoms with van der Waals surface area (Å²) in [6.45, 7) is 4.35. The van der Waals surface area contributed by atoms with Crippen LogP contribution in [0.5, 0.6) is 0 Å². The zero-order chi connectivity index (χ0) is 20.8. The molecule has 2 N–H and O–H groups in total. The lowest BCUT2D eigenvalue weighted by Gasteiger charge is -2.08. The third kappa shape index (κ3) is 4.76. The van der Waals surface area contributed by atoms with Gasteiger partial charge in [0, 0.05) is 17.5 Å². The molecule has 2 aromatic heterocycles. The predicted molar refractivity (Wildman–Crippen MR) is 108 cm³/mol. The first-order valence-corrected chi connectivity index (χ1v) is 9.34. The minimum absolute atomic E-state index is 0.205. The van der Waals surface area contributed by atoms with Crippen molar-refractivity contribution in [3.63, 3.8) is 0 Å². The number of fused-ring (bicyclic) bond motifs is 1. The summed E-state index contributed by atoms with van der Waals surface area (Å²) in [5.74, 6) is -0.775. The highest BCUT2D eigenvalue weighted by atomic mass is 16.2. The quantitative estimate of drug-likeness (QED) is 0.628. The molecular formula is C21H22N6O2. The van der Waals surface area contributed by atoms with Crippen LogP contribution in [0.1, 0.15) is 40.3 Å². The van der Waals surface area contributed by atoms with Crippen LogP contribution in [-0.2, 0) is 17.8 Å². The first-order chi connectivity index (χ1) is 14.0. The van der Waals surface area contributed by atoms with Crippen molar-refractivity contribution in [2.75, 3.05) is 0 Å². The lowest BCUT2D eigenvalue weighted by atomic mass is 10.1. The summed E-state index contributed by atoms with van der Waals surface area (Å²) in [5.41, 5.74) is 8.56. The molecule has 8 nitrogen and oxygen atoms in total. The molecule has 0 saturated heterocycles. The van der Waals surface area contributed by atoms with Crippen molar-refractivity contribution >= 4 is 22.7 Å². The molecule has 0 fully saturated rings. The Bertz CT molecular complexity index is 1100. The molecule has 148 valence electrons. The van der Waals surface area contributed by atoms with Gasteiger partial charge in [0.05, 0.1) is 30.2 Å². The molecule has 0 aliphatic carbocycles. The van der Waals surface area contributed by atoms with Crippen molar-refractivity contribution in [1.82, 2.24) is 25.6 Å². The second-order valence-electron chi connectivity index (χ2n) is 6.67. The van der Waals surface area contributed by atoms with Crippen molar-refractivity contribution in [3.8, 4) is 6.07 Å². The molecule has 0 aliphatic rings. The number of amides is 2. The van der Waals surface area contributed by atoms with Gasteiger partial charge in [-0.2, -0.15) is 10.4 Å². The van der Waals surface area contributed by atoms with Crippen LogP contribution in [0.15, 0.2) is 36.4 Å². The number of carbonyl (C=O) groups excluding carboxylic acids is 2. The Morgan fingerprint density at radius 1 is 1.14 bits per heavy atom. The summed E-state index contributed by atoms with van der Waals surface area (Å²) in [6, 6.07) is 13.0. The molecule has 0 unspecified atom stereocenters. The average Bonchev–Trinajstić information content (AvgIpc) is 3.01. The van der Waals surface area contributed by atoms with Gasteiger partial charge in [-0.1, -0.05) is 24.3 Å². The fraction of sp³-hybridized carbons (Fsp3) is 0.286. The number of hydrogen-bond donors (Lipinski definition) is 2. The van der Waals surface area contributed by atoms with E-state index in [1.54, 1.807) is 10.7 Å². The molecule has 8 heteroatoms. The van der Waals surface area contributed by atoms with E-state index in [1.807, 2.05) is 44.2 Å². The monoisotopic (exact) mass is 390 g/mol. The van der Waals surface area contributed by atoms with Crippen LogP contribution in [0.4, 0.5) is 0 Å². The second kappa shape index (κ2) is 8.97. The number of nitrogens with zero attached hydrogens (tertiary/aromatic N) is 4. The first-order valence-electron chi connectivity index (χ1n) is 9.34. The van der Waals surface area contributed by atoms with E-state index in [0.717, 1.165) is 22.3 Å². The number of nitrogens with one attached hydrogen (secondary N) is 2. The Labute approximate surface area is 168 Å². The predicted octanol–water partition coefficient (Wildman–Crippen LogP) is 2.36. The van der Waals surface area contributed by atoms with Gasteiger partial charge in [-0.25, -0.2) is 4.98 Å². The number of hydrazine groups is 1. The van der Waals surface area contributed by atoms with Crippen LogP contribution in [0.25, 0.3) is 10.9 Å². The Morgan fingerprint density at radius 3 is 2.72 bits per heavy atom. The highest BCUT2D eigenvalue weighted by Crippen LogP contribution is 2.15. The van der Waals surface area contributed by atoms with Crippen LogP contribution < -0.4 is 10.9 Å². The molecule has 29 heavy (non-hydrogen) atoms. The summed E-state index contributed by atoms with van der Waals surface area (Å²) in [4.78, 5) is 28.7. The van der Waals surface area contributed by atoms with Crippen LogP contribution in [0.3, 0.4) is 0 Å². The maximum absolute atomic E-state index is 12.3. The van der Waals surface area contributed by atoms with E-state index in [1.165, 1.54) is 0 Å². The Balaban J connectivity index is 1.54. The molecular weight excluding hydrogens is 368 g/mol. The van der Waals surface area contributed by atoms with E-state index in [0.29, 0.717) is 24.9 Å². The van der Waals surface area contributed by atoms with Crippen molar-refractivity contribution in [2.24, 2.45) is 0 Å². The topological polar surface area (TPSA) is 113 Å². The zero-order valence-corrected chi connectivity index (χ0v) is 16.4. The van der Waals surface area contributed by atoms with Gasteiger partial charge in [-0.15, -0.1) is 0 Å². The summed E-state index contributed by atoms with van der Waals surface area (Å²) >= 11 is 0. The lowest BCUT2D eigenvalue weighted by Crippen LogP contribution is -2.42. The summed E-state index contributed by atoms with van der Waals surface area (Å²) in [7, 11) is 0. The molecule has 0 saturated carbocycles. The van der Waals surface area contributed by atoms with E-state index in [-0.39, 0.29) is 18.0 Å². The molecule has 2 amide bonds. The number of benzene rings is 1. The Morgan fingerprint density at radius 2 is 1.93 bits per heavy atom. The molecule has 0 aliphatic heterocycles. The minimum atomic E-state index is -0.471. The van der Waals surface area contributed by atoms with Gasteiger partial charge in [0.2, 0.25) is 5.91 Å². The van der Waals surface area contributed by atoms with E-state index >= 15 is 0 Å². The van der Waals surface area contributed by atoms with Crippen molar-refractivity contribution < 1.29 is 9.59 Å². The molecule has 0 radical (unpaired) electrons. The first kappa shape index (κ1) is 20.0. The molecule has 3 rings (SSSR count). The van der Waals surface area contributed by atoms with Gasteiger partial charge in [0.15, 0.2) is 0 Å². The zero-order valence-electron chi connectivity index (χ0n) is 16.4. The number of hydrogen-bond acceptors (Lipinski definition) is 5. The van der Waals surface area contributed by atoms with Crippen molar-refractivity contribution in [2.45, 2.75) is 39.7 Å². The molecule has 2 heterocycles. The maximum Gasteiger partial charge on any atom is 0.288 e. The van der Waals surface area contributed by atoms with Gasteiger partial charge in [0.25, 0.3) is 5.91 Å². The number of aryl methyl sites for hydroxylation is 2. The number of aromatic nitrogens is 3. The Hall–Kier alpha value is -3.73. The van der Waals surface area contributed by atoms with Crippen LogP contribution in [0.2, 0.25) is 0 Å². The third-order valence-electron chi connectivity index (χ3n) is 4.72. The Kier molecular flexibility index (Phi) is 6.19. The molecule has 0 bridgehead atoms. The molecule has 0 spiro atoms. The number of carbonyl (C=O) groups is 2. The number of rotatable bonds is 6. The smallest absolute Gasteiger partial charge is 0.273 e. The maximum atomic E-state index is 12.3. The standard InChI is InChI=1S/C21H22N6O2/c1-14-17(15(2)27(26-14)13-5-12-22)9-11-20(28)24-25-21(29)19-10-8-16-6-3-4-7-18(16)23-19/h3-4,6-8,10H,5,9,11,13H2,1-2H3,(H,24,28)(H,25,29). The van der Waals surface area contributed by atoms with Gasteiger partial charge in [-0.05, 0) is 38.0 Å². The van der Waals surface area contributed by atoms with Crippen LogP contribution >= 0.6 is 0 Å². The van der Waals surface area contributed by atoms with E-state index in [4.69, 9.17) is 5.26 Å². The number of pyridine rings is 1. The summed E-state index contributed by atoms with van der Waals surface area (Å²) in [5, 5.41) is 14.1. The molecule has 3 aromatic rings. The summed E-state index contributed by atoms with van der Waals surface area (Å²) < 4.78 is 1.79. The van der Waals surface area contributed by atoms with Gasteiger partial charge >= 0.3 is 0 Å². The van der Waals surface area contributed by atoms with Crippen LogP contribution in [0, 0.1) is 25.2 Å². The normalized spacial score (nSPS) is 10.5. The number of nitriles is 1. The SMILES string of the molecule is Cc1nn(CCC#N)c(C)c1CCC(=O)NNC(=O)c1ccc2ccccc2n1. The fourth-order valence-corrected chi connectivity index (χ4v) is 3.15. The average molecular weight is 390 g/mol. The van der Waals surface area contributed by atoms with Gasteiger partial charge in [-0.3, -0.25) is 25.1 Å².